The van der Waals surface area contributed by atoms with Gasteiger partial charge in [-0.2, -0.15) is 17.5 Å². The van der Waals surface area contributed by atoms with E-state index in [1.165, 1.54) is 34.9 Å². The Balaban J connectivity index is 1.44. The Bertz CT molecular complexity index is 1100. The van der Waals surface area contributed by atoms with E-state index < -0.39 is 29.1 Å². The molecule has 14 heteroatoms. The summed E-state index contributed by atoms with van der Waals surface area (Å²) in [5.74, 6) is -0.0553. The molecular weight excluding hydrogens is 545 g/mol. The van der Waals surface area contributed by atoms with Crippen molar-refractivity contribution in [2.75, 3.05) is 38.2 Å². The number of alkyl halides is 3. The van der Waals surface area contributed by atoms with E-state index in [0.29, 0.717) is 36.2 Å². The molecule has 2 aromatic rings. The molecule has 2 aromatic heterocycles. The third-order valence-corrected chi connectivity index (χ3v) is 7.61. The van der Waals surface area contributed by atoms with Crippen LogP contribution < -0.4 is 10.1 Å². The maximum atomic E-state index is 13.4. The lowest BCUT2D eigenvalue weighted by atomic mass is 10.1. The highest BCUT2D eigenvalue weighted by molar-refractivity contribution is 9.10. The zero-order valence-corrected chi connectivity index (χ0v) is 20.2. The largest absolute Gasteiger partial charge is 0.468 e. The molecule has 2 aliphatic heterocycles. The van der Waals surface area contributed by atoms with Gasteiger partial charge in [0.2, 0.25) is 15.9 Å². The summed E-state index contributed by atoms with van der Waals surface area (Å²) in [6.45, 7) is 0.339. The fourth-order valence-electron chi connectivity index (χ4n) is 3.67. The zero-order chi connectivity index (χ0) is 24.3. The van der Waals surface area contributed by atoms with E-state index in [1.54, 1.807) is 0 Å². The molecule has 0 aromatic carbocycles. The Morgan fingerprint density at radius 3 is 2.65 bits per heavy atom. The molecule has 1 unspecified atom stereocenters. The second-order valence-corrected chi connectivity index (χ2v) is 10.6. The van der Waals surface area contributed by atoms with Crippen LogP contribution in [0.3, 0.4) is 0 Å². The van der Waals surface area contributed by atoms with Crippen LogP contribution in [-0.4, -0.2) is 68.1 Å². The number of halogens is 4. The summed E-state index contributed by atoms with van der Waals surface area (Å²) in [6.07, 6.45) is -1.40. The van der Waals surface area contributed by atoms with Crippen molar-refractivity contribution < 1.29 is 35.8 Å². The normalized spacial score (nSPS) is 20.1. The number of ether oxygens (including phenoxy) is 3. The molecule has 2 fully saturated rings. The Labute approximate surface area is 202 Å². The Kier molecular flexibility index (Phi) is 7.62. The number of rotatable bonds is 8. The van der Waals surface area contributed by atoms with E-state index in [1.807, 2.05) is 0 Å². The van der Waals surface area contributed by atoms with Crippen molar-refractivity contribution in [1.29, 1.82) is 0 Å². The number of anilines is 1. The average Bonchev–Trinajstić information content (AvgIpc) is 3.49. The van der Waals surface area contributed by atoms with Crippen molar-refractivity contribution in [1.82, 2.24) is 14.3 Å². The number of nitrogens with zero attached hydrogens (tertiary/aromatic N) is 3. The van der Waals surface area contributed by atoms with Crippen molar-refractivity contribution >= 4 is 31.8 Å². The number of pyridine rings is 2. The Morgan fingerprint density at radius 2 is 1.97 bits per heavy atom. The van der Waals surface area contributed by atoms with E-state index in [4.69, 9.17) is 9.47 Å². The number of hydrogen-bond acceptors (Lipinski definition) is 8. The van der Waals surface area contributed by atoms with Gasteiger partial charge in [0.1, 0.15) is 10.7 Å². The van der Waals surface area contributed by atoms with Crippen molar-refractivity contribution in [2.45, 2.75) is 30.3 Å². The molecule has 0 radical (unpaired) electrons. The van der Waals surface area contributed by atoms with Crippen LogP contribution in [0.15, 0.2) is 40.0 Å². The summed E-state index contributed by atoms with van der Waals surface area (Å²) in [5.41, 5.74) is 0.601. The fraction of sp³-hybridized carbons (Fsp3) is 0.500. The molecule has 2 saturated heterocycles. The van der Waals surface area contributed by atoms with Gasteiger partial charge >= 0.3 is 6.18 Å². The summed E-state index contributed by atoms with van der Waals surface area (Å²) in [7, 11) is -3.86. The highest BCUT2D eigenvalue weighted by atomic mass is 79.9. The second-order valence-electron chi connectivity index (χ2n) is 7.78. The van der Waals surface area contributed by atoms with Gasteiger partial charge < -0.3 is 19.5 Å². The van der Waals surface area contributed by atoms with E-state index in [9.17, 15) is 21.6 Å². The number of nitrogens with one attached hydrogen (secondary N) is 1. The highest BCUT2D eigenvalue weighted by Gasteiger charge is 2.39. The van der Waals surface area contributed by atoms with E-state index in [-0.39, 0.29) is 35.6 Å². The molecule has 1 atom stereocenters. The minimum atomic E-state index is -4.45. The molecule has 9 nitrogen and oxygen atoms in total. The molecule has 34 heavy (non-hydrogen) atoms. The molecule has 0 aliphatic carbocycles. The number of aromatic nitrogens is 2. The van der Waals surface area contributed by atoms with Gasteiger partial charge in [0.05, 0.1) is 13.2 Å². The van der Waals surface area contributed by atoms with Crippen LogP contribution in [0.25, 0.3) is 0 Å². The molecule has 0 amide bonds. The molecule has 0 saturated carbocycles. The van der Waals surface area contributed by atoms with Gasteiger partial charge in [-0.25, -0.2) is 18.4 Å². The fourth-order valence-corrected chi connectivity index (χ4v) is 5.81. The van der Waals surface area contributed by atoms with Crippen molar-refractivity contribution in [3.05, 3.63) is 40.6 Å². The van der Waals surface area contributed by atoms with Gasteiger partial charge in [-0.05, 0) is 34.0 Å². The molecule has 4 heterocycles. The van der Waals surface area contributed by atoms with Crippen molar-refractivity contribution in [3.8, 4) is 5.88 Å². The summed E-state index contributed by atoms with van der Waals surface area (Å²) >= 11 is 3.28. The monoisotopic (exact) mass is 566 g/mol. The van der Waals surface area contributed by atoms with Gasteiger partial charge in [-0.3, -0.25) is 0 Å². The van der Waals surface area contributed by atoms with Crippen LogP contribution in [0.4, 0.5) is 19.0 Å². The smallest absolute Gasteiger partial charge is 0.422 e. The third-order valence-electron chi connectivity index (χ3n) is 5.30. The van der Waals surface area contributed by atoms with Crippen LogP contribution in [0, 0.1) is 5.92 Å². The first-order valence-corrected chi connectivity index (χ1v) is 12.6. The third kappa shape index (κ3) is 6.16. The van der Waals surface area contributed by atoms with Gasteiger partial charge in [0.15, 0.2) is 12.9 Å². The number of sulfonamides is 1. The summed E-state index contributed by atoms with van der Waals surface area (Å²) in [4.78, 5) is 8.07. The molecule has 186 valence electrons. The minimum Gasteiger partial charge on any atom is -0.468 e. The first-order chi connectivity index (χ1) is 16.1. The first kappa shape index (κ1) is 25.1. The van der Waals surface area contributed by atoms with Crippen LogP contribution in [0.1, 0.15) is 12.0 Å². The topological polar surface area (TPSA) is 103 Å². The lowest BCUT2D eigenvalue weighted by Crippen LogP contribution is -2.32. The van der Waals surface area contributed by atoms with Crippen molar-refractivity contribution in [2.24, 2.45) is 5.92 Å². The number of hydrogen-bond donors (Lipinski definition) is 1. The summed E-state index contributed by atoms with van der Waals surface area (Å²) in [6, 6.07) is 4.32. The van der Waals surface area contributed by atoms with Crippen molar-refractivity contribution in [3.63, 3.8) is 0 Å². The average molecular weight is 567 g/mol. The van der Waals surface area contributed by atoms with Crippen LogP contribution in [0.2, 0.25) is 0 Å². The second kappa shape index (κ2) is 10.3. The molecule has 1 N–H and O–H groups in total. The lowest BCUT2D eigenvalue weighted by molar-refractivity contribution is -0.154. The van der Waals surface area contributed by atoms with Crippen LogP contribution in [0.5, 0.6) is 5.88 Å². The minimum absolute atomic E-state index is 0.00822. The van der Waals surface area contributed by atoms with E-state index >= 15 is 0 Å². The molecule has 0 spiro atoms. The molecule has 4 rings (SSSR count). The van der Waals surface area contributed by atoms with E-state index in [2.05, 4.69) is 36.0 Å². The zero-order valence-electron chi connectivity index (χ0n) is 17.8. The highest BCUT2D eigenvalue weighted by Crippen LogP contribution is 2.32. The first-order valence-electron chi connectivity index (χ1n) is 10.4. The van der Waals surface area contributed by atoms with Gasteiger partial charge in [-0.1, -0.05) is 6.07 Å². The van der Waals surface area contributed by atoms with Gasteiger partial charge in [0, 0.05) is 48.5 Å². The standard InChI is InChI=1S/C20H22BrF3N4O5S/c21-15-7-16(34(29,30)28-4-3-14(11-28)19-31-5-6-32-19)18(27-10-15)26-9-13-1-2-17(25-8-13)33-12-20(22,23)24/h1-2,7-8,10,14,19H,3-6,9,11-12H2,(H,26,27). The van der Waals surface area contributed by atoms with Gasteiger partial charge in [-0.15, -0.1) is 0 Å². The maximum Gasteiger partial charge on any atom is 0.422 e. The summed E-state index contributed by atoms with van der Waals surface area (Å²) < 4.78 is 81.1. The predicted molar refractivity (Wildman–Crippen MR) is 118 cm³/mol. The maximum absolute atomic E-state index is 13.4. The van der Waals surface area contributed by atoms with Crippen LogP contribution in [-0.2, 0) is 26.0 Å². The molecule has 2 aliphatic rings. The molecule has 0 bridgehead atoms. The van der Waals surface area contributed by atoms with Crippen LogP contribution >= 0.6 is 15.9 Å². The van der Waals surface area contributed by atoms with E-state index in [0.717, 1.165) is 0 Å². The predicted octanol–water partition coefficient (Wildman–Crippen LogP) is 3.18. The quantitative estimate of drug-likeness (QED) is 0.519. The Morgan fingerprint density at radius 1 is 1.21 bits per heavy atom. The summed E-state index contributed by atoms with van der Waals surface area (Å²) in [5, 5.41) is 2.98. The van der Waals surface area contributed by atoms with Gasteiger partial charge in [0.25, 0.3) is 0 Å². The SMILES string of the molecule is O=S(=O)(c1cc(Br)cnc1NCc1ccc(OCC(F)(F)F)nc1)N1CCC(C2OCCO2)C1. The molecular formula is C20H22BrF3N4O5S. The Hall–Kier alpha value is -2.00. The lowest BCUT2D eigenvalue weighted by Gasteiger charge is -2.20.